The predicted molar refractivity (Wildman–Crippen MR) is 104 cm³/mol. The monoisotopic (exact) mass is 341 g/mol. The first-order valence-electron chi connectivity index (χ1n) is 10.6. The van der Waals surface area contributed by atoms with Crippen molar-refractivity contribution in [1.82, 2.24) is 5.32 Å². The van der Waals surface area contributed by atoms with E-state index >= 15 is 0 Å². The van der Waals surface area contributed by atoms with Crippen LogP contribution in [0.3, 0.4) is 0 Å². The molecular weight excluding hydrogens is 298 g/mol. The van der Waals surface area contributed by atoms with Gasteiger partial charge >= 0.3 is 0 Å². The second kappa shape index (κ2) is 18.8. The number of carbonyl (C=O) groups is 1. The first-order valence-corrected chi connectivity index (χ1v) is 10.6. The molecule has 0 aliphatic rings. The van der Waals surface area contributed by atoms with Gasteiger partial charge in [-0.15, -0.1) is 0 Å². The van der Waals surface area contributed by atoms with Crippen molar-refractivity contribution < 1.29 is 9.90 Å². The predicted octanol–water partition coefficient (Wildman–Crippen LogP) is 5.74. The van der Waals surface area contributed by atoms with Gasteiger partial charge < -0.3 is 10.4 Å². The van der Waals surface area contributed by atoms with E-state index in [-0.39, 0.29) is 5.91 Å². The zero-order valence-electron chi connectivity index (χ0n) is 16.5. The Morgan fingerprint density at radius 3 is 1.50 bits per heavy atom. The van der Waals surface area contributed by atoms with E-state index in [0.717, 1.165) is 12.8 Å². The van der Waals surface area contributed by atoms with Crippen molar-refractivity contribution in [2.75, 3.05) is 6.54 Å². The van der Waals surface area contributed by atoms with E-state index in [1.54, 1.807) is 6.92 Å². The van der Waals surface area contributed by atoms with Gasteiger partial charge in [0, 0.05) is 13.0 Å². The highest BCUT2D eigenvalue weighted by atomic mass is 16.3. The van der Waals surface area contributed by atoms with Gasteiger partial charge in [0.15, 0.2) is 0 Å². The van der Waals surface area contributed by atoms with Crippen LogP contribution in [0.25, 0.3) is 0 Å². The Balaban J connectivity index is 3.08. The zero-order chi connectivity index (χ0) is 17.9. The van der Waals surface area contributed by atoms with E-state index in [9.17, 15) is 4.79 Å². The minimum atomic E-state index is -0.449. The van der Waals surface area contributed by atoms with Crippen LogP contribution in [-0.4, -0.2) is 23.7 Å². The summed E-state index contributed by atoms with van der Waals surface area (Å²) < 4.78 is 0. The highest BCUT2D eigenvalue weighted by molar-refractivity contribution is 5.75. The number of amides is 1. The van der Waals surface area contributed by atoms with Gasteiger partial charge in [-0.25, -0.2) is 0 Å². The molecule has 0 aromatic rings. The highest BCUT2D eigenvalue weighted by Crippen LogP contribution is 2.13. The smallest absolute Gasteiger partial charge is 0.220 e. The third kappa shape index (κ3) is 19.5. The normalized spacial score (nSPS) is 12.3. The molecule has 0 spiro atoms. The van der Waals surface area contributed by atoms with Crippen molar-refractivity contribution in [2.24, 2.45) is 0 Å². The molecular formula is C21H43NO2. The quantitative estimate of drug-likeness (QED) is 0.312. The fourth-order valence-electron chi connectivity index (χ4n) is 3.01. The summed E-state index contributed by atoms with van der Waals surface area (Å²) in [4.78, 5) is 11.5. The number of aliphatic hydroxyl groups excluding tert-OH is 1. The summed E-state index contributed by atoms with van der Waals surface area (Å²) in [6.45, 7) is 4.34. The Morgan fingerprint density at radius 1 is 0.750 bits per heavy atom. The lowest BCUT2D eigenvalue weighted by Gasteiger charge is -2.07. The third-order valence-corrected chi connectivity index (χ3v) is 4.60. The van der Waals surface area contributed by atoms with Gasteiger partial charge in [-0.2, -0.15) is 0 Å². The molecule has 0 saturated carbocycles. The molecule has 1 amide bonds. The molecule has 0 aromatic heterocycles. The third-order valence-electron chi connectivity index (χ3n) is 4.60. The maximum Gasteiger partial charge on any atom is 0.220 e. The molecule has 0 saturated heterocycles. The molecule has 0 radical (unpaired) electrons. The molecule has 1 atom stereocenters. The summed E-state index contributed by atoms with van der Waals surface area (Å²) in [7, 11) is 0. The van der Waals surface area contributed by atoms with Gasteiger partial charge in [-0.1, -0.05) is 96.8 Å². The van der Waals surface area contributed by atoms with Crippen LogP contribution in [0.2, 0.25) is 0 Å². The van der Waals surface area contributed by atoms with Crippen LogP contribution in [0.1, 0.15) is 117 Å². The van der Waals surface area contributed by atoms with Crippen LogP contribution in [0.5, 0.6) is 0 Å². The van der Waals surface area contributed by atoms with E-state index in [2.05, 4.69) is 12.2 Å². The Hall–Kier alpha value is -0.570. The van der Waals surface area contributed by atoms with Crippen LogP contribution in [-0.2, 0) is 4.79 Å². The van der Waals surface area contributed by atoms with Crippen molar-refractivity contribution in [2.45, 2.75) is 123 Å². The number of hydrogen-bond acceptors (Lipinski definition) is 2. The molecule has 3 nitrogen and oxygen atoms in total. The van der Waals surface area contributed by atoms with Gasteiger partial charge in [0.1, 0.15) is 0 Å². The summed E-state index contributed by atoms with van der Waals surface area (Å²) >= 11 is 0. The summed E-state index contributed by atoms with van der Waals surface area (Å²) in [5, 5.41) is 11.8. The molecule has 0 aliphatic heterocycles. The van der Waals surface area contributed by atoms with Crippen LogP contribution < -0.4 is 5.32 Å². The molecule has 144 valence electrons. The topological polar surface area (TPSA) is 49.3 Å². The van der Waals surface area contributed by atoms with Crippen molar-refractivity contribution in [3.63, 3.8) is 0 Å². The SMILES string of the molecule is CCCCCCCCCCCCCCCCCC(=O)NC[C@@H](C)O. The van der Waals surface area contributed by atoms with E-state index in [1.807, 2.05) is 0 Å². The number of nitrogens with one attached hydrogen (secondary N) is 1. The van der Waals surface area contributed by atoms with Gasteiger partial charge in [0.05, 0.1) is 6.10 Å². The lowest BCUT2D eigenvalue weighted by Crippen LogP contribution is -2.30. The van der Waals surface area contributed by atoms with Crippen LogP contribution in [0.4, 0.5) is 0 Å². The van der Waals surface area contributed by atoms with Crippen LogP contribution in [0.15, 0.2) is 0 Å². The van der Waals surface area contributed by atoms with Gasteiger partial charge in [-0.05, 0) is 13.3 Å². The number of carbonyl (C=O) groups excluding carboxylic acids is 1. The minimum Gasteiger partial charge on any atom is -0.392 e. The first kappa shape index (κ1) is 23.4. The van der Waals surface area contributed by atoms with Crippen molar-refractivity contribution >= 4 is 5.91 Å². The lowest BCUT2D eigenvalue weighted by molar-refractivity contribution is -0.121. The van der Waals surface area contributed by atoms with Gasteiger partial charge in [0.2, 0.25) is 5.91 Å². The average Bonchev–Trinajstić information content (AvgIpc) is 2.56. The Labute approximate surface area is 151 Å². The zero-order valence-corrected chi connectivity index (χ0v) is 16.5. The van der Waals surface area contributed by atoms with Gasteiger partial charge in [0.25, 0.3) is 0 Å². The molecule has 0 heterocycles. The fourth-order valence-corrected chi connectivity index (χ4v) is 3.01. The maximum atomic E-state index is 11.5. The largest absolute Gasteiger partial charge is 0.392 e. The van der Waals surface area contributed by atoms with Crippen LogP contribution >= 0.6 is 0 Å². The minimum absolute atomic E-state index is 0.0746. The molecule has 2 N–H and O–H groups in total. The highest BCUT2D eigenvalue weighted by Gasteiger charge is 2.02. The summed E-state index contributed by atoms with van der Waals surface area (Å²) in [6, 6.07) is 0. The second-order valence-electron chi connectivity index (χ2n) is 7.35. The van der Waals surface area contributed by atoms with Crippen LogP contribution in [0, 0.1) is 0 Å². The molecule has 0 aliphatic carbocycles. The Kier molecular flexibility index (Phi) is 18.3. The molecule has 0 bridgehead atoms. The number of aliphatic hydroxyl groups is 1. The first-order chi connectivity index (χ1) is 11.7. The summed E-state index contributed by atoms with van der Waals surface area (Å²) in [6.07, 6.45) is 20.3. The van der Waals surface area contributed by atoms with E-state index < -0.39 is 6.10 Å². The van der Waals surface area contributed by atoms with Gasteiger partial charge in [-0.3, -0.25) is 4.79 Å². The maximum absolute atomic E-state index is 11.5. The molecule has 3 heteroatoms. The van der Waals surface area contributed by atoms with E-state index in [0.29, 0.717) is 13.0 Å². The Morgan fingerprint density at radius 2 is 1.12 bits per heavy atom. The fraction of sp³-hybridized carbons (Fsp3) is 0.952. The molecule has 24 heavy (non-hydrogen) atoms. The van der Waals surface area contributed by atoms with Crippen molar-refractivity contribution in [3.05, 3.63) is 0 Å². The number of unbranched alkanes of at least 4 members (excludes halogenated alkanes) is 14. The van der Waals surface area contributed by atoms with Crippen molar-refractivity contribution in [1.29, 1.82) is 0 Å². The standard InChI is InChI=1S/C21H43NO2/c1-3-4-5-6-7-8-9-10-11-12-13-14-15-16-17-18-21(24)22-19-20(2)23/h20,23H,3-19H2,1-2H3,(H,22,24)/t20-/m1/s1. The number of rotatable bonds is 18. The Bertz CT molecular complexity index is 267. The van der Waals surface area contributed by atoms with E-state index in [4.69, 9.17) is 5.11 Å². The summed E-state index contributed by atoms with van der Waals surface area (Å²) in [5.41, 5.74) is 0. The number of hydrogen-bond donors (Lipinski definition) is 2. The van der Waals surface area contributed by atoms with Crippen molar-refractivity contribution in [3.8, 4) is 0 Å². The molecule has 0 fully saturated rings. The molecule has 0 unspecified atom stereocenters. The second-order valence-corrected chi connectivity index (χ2v) is 7.35. The lowest BCUT2D eigenvalue weighted by atomic mass is 10.0. The molecule has 0 rings (SSSR count). The molecule has 0 aromatic carbocycles. The van der Waals surface area contributed by atoms with E-state index in [1.165, 1.54) is 83.5 Å². The summed E-state index contributed by atoms with van der Waals surface area (Å²) in [5.74, 6) is 0.0746. The average molecular weight is 342 g/mol.